The molecule has 2 aliphatic carbocycles. The van der Waals surface area contributed by atoms with Gasteiger partial charge in [-0.2, -0.15) is 0 Å². The van der Waals surface area contributed by atoms with Crippen LogP contribution < -0.4 is 14.2 Å². The van der Waals surface area contributed by atoms with E-state index in [1.165, 1.54) is 53.4 Å². The van der Waals surface area contributed by atoms with Crippen LogP contribution in [-0.4, -0.2) is 81.3 Å². The number of benzene rings is 4. The summed E-state index contributed by atoms with van der Waals surface area (Å²) in [6.45, 7) is 4.32. The first-order valence-corrected chi connectivity index (χ1v) is 23.8. The number of nitro benzene ring substituents is 2. The molecular formula is C52H57FN4O13. The summed E-state index contributed by atoms with van der Waals surface area (Å²) in [7, 11) is 0. The second-order valence-corrected chi connectivity index (χ2v) is 17.9. The van der Waals surface area contributed by atoms with E-state index in [0.29, 0.717) is 74.3 Å². The van der Waals surface area contributed by atoms with Gasteiger partial charge in [0.2, 0.25) is 12.1 Å². The molecule has 70 heavy (non-hydrogen) atoms. The number of hydrogen-bond donors (Lipinski definition) is 2. The number of fused-ring (bicyclic) bond motifs is 2. The van der Waals surface area contributed by atoms with Gasteiger partial charge < -0.3 is 38.7 Å². The maximum atomic E-state index is 15.1. The molecule has 0 aromatic heterocycles. The number of oxime groups is 1. The zero-order valence-electron chi connectivity index (χ0n) is 38.6. The molecule has 2 aliphatic heterocycles. The third-order valence-electron chi connectivity index (χ3n) is 13.5. The third kappa shape index (κ3) is 11.2. The van der Waals surface area contributed by atoms with Crippen LogP contribution in [0.4, 0.5) is 20.6 Å². The molecule has 4 aromatic rings. The number of rotatable bonds is 21. The topological polar surface area (TPSA) is 215 Å². The van der Waals surface area contributed by atoms with Crippen molar-refractivity contribution in [2.45, 2.75) is 94.8 Å². The number of aliphatic hydroxyl groups excluding tert-OH is 2. The average molecular weight is 965 g/mol. The molecule has 17 nitrogen and oxygen atoms in total. The van der Waals surface area contributed by atoms with Crippen LogP contribution >= 0.6 is 0 Å². The lowest BCUT2D eigenvalue weighted by molar-refractivity contribution is -0.385. The Kier molecular flexibility index (Phi) is 16.2. The lowest BCUT2D eigenvalue weighted by Crippen LogP contribution is -2.70. The molecule has 2 fully saturated rings. The molecule has 2 N–H and O–H groups in total. The quantitative estimate of drug-likeness (QED) is 0.0344. The lowest BCUT2D eigenvalue weighted by Gasteiger charge is -2.59. The van der Waals surface area contributed by atoms with Crippen molar-refractivity contribution < 1.29 is 57.8 Å². The van der Waals surface area contributed by atoms with Gasteiger partial charge >= 0.3 is 6.09 Å². The van der Waals surface area contributed by atoms with Crippen LogP contribution in [0.1, 0.15) is 81.3 Å². The third-order valence-corrected chi connectivity index (χ3v) is 13.5. The fourth-order valence-corrected chi connectivity index (χ4v) is 10.3. The summed E-state index contributed by atoms with van der Waals surface area (Å²) in [4.78, 5) is 45.0. The minimum Gasteiger partial charge on any atom is -0.459 e. The minimum absolute atomic E-state index is 0.00265. The van der Waals surface area contributed by atoms with E-state index in [1.54, 1.807) is 42.5 Å². The molecular weight excluding hydrogens is 908 g/mol. The van der Waals surface area contributed by atoms with E-state index < -0.39 is 51.7 Å². The molecule has 4 aromatic carbocycles. The predicted octanol–water partition coefficient (Wildman–Crippen LogP) is 10.3. The molecule has 8 rings (SSSR count). The van der Waals surface area contributed by atoms with E-state index in [9.17, 15) is 34.8 Å². The first kappa shape index (κ1) is 49.7. The van der Waals surface area contributed by atoms with E-state index >= 15 is 4.79 Å². The van der Waals surface area contributed by atoms with Crippen LogP contribution in [0.15, 0.2) is 120 Å². The molecule has 4 aliphatic rings. The van der Waals surface area contributed by atoms with Crippen molar-refractivity contribution in [1.82, 2.24) is 4.90 Å². The molecule has 2 heterocycles. The fraction of sp³-hybridized carbons (Fsp3) is 0.423. The maximum absolute atomic E-state index is 15.1. The average Bonchev–Trinajstić information content (AvgIpc) is 3.36. The monoisotopic (exact) mass is 964 g/mol. The normalized spacial score (nSPS) is 24.0. The van der Waals surface area contributed by atoms with Gasteiger partial charge in [-0.25, -0.2) is 9.18 Å². The molecule has 0 bridgehead atoms. The van der Waals surface area contributed by atoms with Gasteiger partial charge in [-0.15, -0.1) is 6.58 Å². The zero-order valence-corrected chi connectivity index (χ0v) is 38.6. The Labute approximate surface area is 404 Å². The Balaban J connectivity index is 1.34. The van der Waals surface area contributed by atoms with Gasteiger partial charge in [0.05, 0.1) is 40.8 Å². The highest BCUT2D eigenvalue weighted by Gasteiger charge is 2.66. The van der Waals surface area contributed by atoms with Crippen molar-refractivity contribution in [3.63, 3.8) is 0 Å². The molecule has 1 saturated heterocycles. The predicted molar refractivity (Wildman–Crippen MR) is 254 cm³/mol. The second-order valence-electron chi connectivity index (χ2n) is 17.9. The number of carbonyl (C=O) groups excluding carboxylic acids is 1. The molecule has 7 unspecified atom stereocenters. The number of hydrogen-bond acceptors (Lipinski definition) is 14. The number of allylic oxidation sites excluding steroid dienone is 1. The van der Waals surface area contributed by atoms with Crippen LogP contribution in [0.2, 0.25) is 0 Å². The van der Waals surface area contributed by atoms with Crippen LogP contribution in [0.3, 0.4) is 0 Å². The SMILES string of the molecule is C=CCOC12Oc3ccc(Oc4cccc([N+](=O)[O-])c4)cc3C3C(CCCCO)C(CCCCO)C=C(C(=NOC4CCCCO4)CC1N(Cc1ccc(F)cc1)C(=O)Oc1ccc([N+](=O)[O-])cc1)C32. The molecule has 370 valence electrons. The van der Waals surface area contributed by atoms with Crippen LogP contribution in [-0.2, 0) is 20.9 Å². The number of aliphatic hydroxyl groups is 2. The molecule has 7 atom stereocenters. The minimum atomic E-state index is -1.72. The Hall–Kier alpha value is -6.73. The highest BCUT2D eigenvalue weighted by Crippen LogP contribution is 2.62. The summed E-state index contributed by atoms with van der Waals surface area (Å²) in [5, 5.41) is 48.2. The molecule has 1 saturated carbocycles. The van der Waals surface area contributed by atoms with Crippen molar-refractivity contribution in [3.05, 3.63) is 152 Å². The first-order chi connectivity index (χ1) is 34.0. The summed E-state index contributed by atoms with van der Waals surface area (Å²) >= 11 is 0. The van der Waals surface area contributed by atoms with Gasteiger partial charge in [-0.3, -0.25) is 25.1 Å². The van der Waals surface area contributed by atoms with Crippen molar-refractivity contribution in [2.75, 3.05) is 26.4 Å². The highest BCUT2D eigenvalue weighted by atomic mass is 19.1. The first-order valence-electron chi connectivity index (χ1n) is 23.8. The van der Waals surface area contributed by atoms with Crippen molar-refractivity contribution in [1.29, 1.82) is 0 Å². The van der Waals surface area contributed by atoms with Crippen molar-refractivity contribution >= 4 is 23.2 Å². The van der Waals surface area contributed by atoms with E-state index in [2.05, 4.69) is 12.7 Å². The van der Waals surface area contributed by atoms with Gasteiger partial charge in [0.25, 0.3) is 11.4 Å². The number of nitro groups is 2. The smallest absolute Gasteiger partial charge is 0.416 e. The number of nitrogens with zero attached hydrogens (tertiary/aromatic N) is 4. The van der Waals surface area contributed by atoms with Gasteiger partial charge in [-0.05, 0) is 110 Å². The van der Waals surface area contributed by atoms with E-state index in [1.807, 2.05) is 6.07 Å². The Morgan fingerprint density at radius 3 is 2.33 bits per heavy atom. The maximum Gasteiger partial charge on any atom is 0.416 e. The summed E-state index contributed by atoms with van der Waals surface area (Å²) in [5.41, 5.74) is 2.20. The number of non-ortho nitro benzene ring substituents is 2. The molecule has 1 amide bonds. The highest BCUT2D eigenvalue weighted by molar-refractivity contribution is 6.03. The number of ether oxygens (including phenoxy) is 5. The Bertz CT molecular complexity index is 2550. The number of unbranched alkanes of at least 4 members (excludes halogenated alkanes) is 2. The van der Waals surface area contributed by atoms with Crippen molar-refractivity contribution in [2.24, 2.45) is 22.9 Å². The van der Waals surface area contributed by atoms with Gasteiger partial charge in [0.15, 0.2) is 0 Å². The van der Waals surface area contributed by atoms with Crippen molar-refractivity contribution in [3.8, 4) is 23.0 Å². The number of amides is 1. The van der Waals surface area contributed by atoms with E-state index in [0.717, 1.165) is 24.0 Å². The lowest BCUT2D eigenvalue weighted by atomic mass is 9.55. The largest absolute Gasteiger partial charge is 0.459 e. The number of halogens is 1. The number of carbonyl (C=O) groups is 1. The molecule has 0 spiro atoms. The summed E-state index contributed by atoms with van der Waals surface area (Å²) < 4.78 is 47.2. The van der Waals surface area contributed by atoms with Crippen LogP contribution in [0, 0.1) is 43.8 Å². The fourth-order valence-electron chi connectivity index (χ4n) is 10.3. The Morgan fingerprint density at radius 2 is 1.63 bits per heavy atom. The van der Waals surface area contributed by atoms with Crippen LogP contribution in [0.25, 0.3) is 0 Å². The summed E-state index contributed by atoms with van der Waals surface area (Å²) in [6, 6.07) is 21.0. The second kappa shape index (κ2) is 22.8. The summed E-state index contributed by atoms with van der Waals surface area (Å²) in [6.07, 6.45) is 8.47. The Morgan fingerprint density at radius 1 is 0.900 bits per heavy atom. The summed E-state index contributed by atoms with van der Waals surface area (Å²) in [5.74, 6) is -2.57. The van der Waals surface area contributed by atoms with Gasteiger partial charge in [0, 0.05) is 62.3 Å². The van der Waals surface area contributed by atoms with E-state index in [4.69, 9.17) is 33.7 Å². The molecule has 0 radical (unpaired) electrons. The molecule has 18 heteroatoms. The van der Waals surface area contributed by atoms with Gasteiger partial charge in [-0.1, -0.05) is 48.3 Å². The van der Waals surface area contributed by atoms with Crippen LogP contribution in [0.5, 0.6) is 23.0 Å². The standard InChI is InChI=1S/C52H57FN4O13/c1-2-27-66-52-47(55(33-34-15-17-36(53)18-16-34)51(60)68-39-21-19-37(20-22-39)56(61)62)32-45(54-70-48-14-5-8-28-65-48)43-29-35(10-3-6-25-58)42(13-4-7-26-59)49(50(43)52)44-31-41(23-24-46(44)69-52)67-40-12-9-11-38(30-40)57(63)64/h2,9,11-12,15-24,29-31,35,42,47-50,58-59H,1,3-8,10,13-14,25-28,32-33H2. The van der Waals surface area contributed by atoms with Gasteiger partial charge in [0.1, 0.15) is 34.9 Å². The zero-order chi connectivity index (χ0) is 49.2. The van der Waals surface area contributed by atoms with E-state index in [-0.39, 0.29) is 67.5 Å².